The molecule has 1 heterocycles. The lowest BCUT2D eigenvalue weighted by atomic mass is 10.1. The van der Waals surface area contributed by atoms with Gasteiger partial charge in [-0.3, -0.25) is 14.9 Å². The number of nitro benzene ring substituents is 1. The van der Waals surface area contributed by atoms with Crippen molar-refractivity contribution in [3.05, 3.63) is 63.2 Å². The Morgan fingerprint density at radius 3 is 2.23 bits per heavy atom. The van der Waals surface area contributed by atoms with E-state index in [0.717, 1.165) is 17.2 Å². The zero-order valence-corrected chi connectivity index (χ0v) is 18.5. The zero-order valence-electron chi connectivity index (χ0n) is 17.7. The number of para-hydroxylation sites is 1. The summed E-state index contributed by atoms with van der Waals surface area (Å²) < 4.78 is 33.0. The van der Waals surface area contributed by atoms with Gasteiger partial charge in [0, 0.05) is 38.3 Å². The van der Waals surface area contributed by atoms with E-state index in [-0.39, 0.29) is 49.3 Å². The first-order valence-electron chi connectivity index (χ1n) is 9.83. The second-order valence-corrected chi connectivity index (χ2v) is 9.41. The molecule has 0 saturated carbocycles. The number of non-ortho nitro benzene ring substituents is 1. The zero-order chi connectivity index (χ0) is 22.8. The van der Waals surface area contributed by atoms with Gasteiger partial charge in [0.25, 0.3) is 11.6 Å². The Bertz CT molecular complexity index is 1090. The maximum atomic E-state index is 13.0. The predicted molar refractivity (Wildman–Crippen MR) is 115 cm³/mol. The minimum Gasteiger partial charge on any atom is -0.483 e. The lowest BCUT2D eigenvalue weighted by molar-refractivity contribution is -0.385. The van der Waals surface area contributed by atoms with Crippen LogP contribution < -0.4 is 4.74 Å². The fourth-order valence-electron chi connectivity index (χ4n) is 3.55. The van der Waals surface area contributed by atoms with E-state index < -0.39 is 14.9 Å². The van der Waals surface area contributed by atoms with Crippen molar-refractivity contribution in [2.75, 3.05) is 32.8 Å². The van der Waals surface area contributed by atoms with Gasteiger partial charge in [-0.15, -0.1) is 0 Å². The summed E-state index contributed by atoms with van der Waals surface area (Å²) in [6.07, 6.45) is 0. The standard InChI is InChI=1S/C21H25N3O6S/c1-15-7-8-18(24(26)27)13-19(15)31(28,29)23-11-9-22(10-12-23)20(25)14-30-21-16(2)5-4-6-17(21)3/h4-8,13H,9-12,14H2,1-3H3. The number of amides is 1. The highest BCUT2D eigenvalue weighted by Gasteiger charge is 2.32. The van der Waals surface area contributed by atoms with Crippen LogP contribution in [-0.4, -0.2) is 61.2 Å². The van der Waals surface area contributed by atoms with Gasteiger partial charge < -0.3 is 9.64 Å². The van der Waals surface area contributed by atoms with Gasteiger partial charge in [0.05, 0.1) is 9.82 Å². The molecule has 1 aliphatic rings. The van der Waals surface area contributed by atoms with E-state index in [9.17, 15) is 23.3 Å². The summed E-state index contributed by atoms with van der Waals surface area (Å²) in [5.74, 6) is 0.462. The van der Waals surface area contributed by atoms with Gasteiger partial charge >= 0.3 is 0 Å². The van der Waals surface area contributed by atoms with Crippen LogP contribution in [0.2, 0.25) is 0 Å². The summed E-state index contributed by atoms with van der Waals surface area (Å²) in [7, 11) is -3.90. The van der Waals surface area contributed by atoms with Crippen LogP contribution in [0, 0.1) is 30.9 Å². The molecule has 0 atom stereocenters. The lowest BCUT2D eigenvalue weighted by Crippen LogP contribution is -2.51. The lowest BCUT2D eigenvalue weighted by Gasteiger charge is -2.34. The number of sulfonamides is 1. The molecule has 0 aliphatic carbocycles. The van der Waals surface area contributed by atoms with E-state index in [0.29, 0.717) is 11.3 Å². The predicted octanol–water partition coefficient (Wildman–Crippen LogP) is 2.43. The van der Waals surface area contributed by atoms with E-state index in [1.165, 1.54) is 16.4 Å². The topological polar surface area (TPSA) is 110 Å². The normalized spacial score (nSPS) is 15.0. The van der Waals surface area contributed by atoms with Crippen LogP contribution >= 0.6 is 0 Å². The number of rotatable bonds is 6. The first-order chi connectivity index (χ1) is 14.6. The molecule has 10 heteroatoms. The smallest absolute Gasteiger partial charge is 0.270 e. The molecule has 31 heavy (non-hydrogen) atoms. The molecular formula is C21H25N3O6S. The van der Waals surface area contributed by atoms with Crippen molar-refractivity contribution >= 4 is 21.6 Å². The Hall–Kier alpha value is -2.98. The third kappa shape index (κ3) is 4.86. The number of benzene rings is 2. The van der Waals surface area contributed by atoms with E-state index in [4.69, 9.17) is 4.74 Å². The Balaban J connectivity index is 1.64. The van der Waals surface area contributed by atoms with E-state index in [1.807, 2.05) is 32.0 Å². The molecule has 0 bridgehead atoms. The van der Waals surface area contributed by atoms with Gasteiger partial charge in [-0.1, -0.05) is 24.3 Å². The van der Waals surface area contributed by atoms with Crippen LogP contribution in [0.4, 0.5) is 5.69 Å². The molecule has 2 aromatic rings. The summed E-state index contributed by atoms with van der Waals surface area (Å²) >= 11 is 0. The summed E-state index contributed by atoms with van der Waals surface area (Å²) in [6.45, 7) is 5.96. The third-order valence-corrected chi connectivity index (χ3v) is 7.38. The molecule has 166 valence electrons. The first kappa shape index (κ1) is 22.7. The summed E-state index contributed by atoms with van der Waals surface area (Å²) in [6, 6.07) is 9.53. The number of carbonyl (C=O) groups excluding carboxylic acids is 1. The number of hydrogen-bond donors (Lipinski definition) is 0. The number of ether oxygens (including phenoxy) is 1. The molecule has 1 saturated heterocycles. The minimum atomic E-state index is -3.90. The van der Waals surface area contributed by atoms with Crippen LogP contribution in [0.3, 0.4) is 0 Å². The molecule has 1 fully saturated rings. The molecule has 0 unspecified atom stereocenters. The molecule has 1 amide bonds. The van der Waals surface area contributed by atoms with Crippen molar-refractivity contribution in [2.24, 2.45) is 0 Å². The fourth-order valence-corrected chi connectivity index (χ4v) is 5.22. The maximum Gasteiger partial charge on any atom is 0.270 e. The van der Waals surface area contributed by atoms with Gasteiger partial charge in [0.1, 0.15) is 5.75 Å². The van der Waals surface area contributed by atoms with Crippen LogP contribution in [-0.2, 0) is 14.8 Å². The van der Waals surface area contributed by atoms with Gasteiger partial charge in [0.2, 0.25) is 10.0 Å². The number of carbonyl (C=O) groups is 1. The number of nitro groups is 1. The molecule has 0 N–H and O–H groups in total. The number of piperazine rings is 1. The molecular weight excluding hydrogens is 422 g/mol. The van der Waals surface area contributed by atoms with Crippen molar-refractivity contribution in [1.82, 2.24) is 9.21 Å². The largest absolute Gasteiger partial charge is 0.483 e. The molecule has 0 radical (unpaired) electrons. The molecule has 0 aromatic heterocycles. The Morgan fingerprint density at radius 1 is 1.03 bits per heavy atom. The van der Waals surface area contributed by atoms with Gasteiger partial charge in [-0.25, -0.2) is 8.42 Å². The van der Waals surface area contributed by atoms with Crippen molar-refractivity contribution < 1.29 is 22.9 Å². The monoisotopic (exact) mass is 447 g/mol. The van der Waals surface area contributed by atoms with Crippen molar-refractivity contribution in [3.63, 3.8) is 0 Å². The highest BCUT2D eigenvalue weighted by atomic mass is 32.2. The molecule has 1 aliphatic heterocycles. The number of hydrogen-bond acceptors (Lipinski definition) is 6. The van der Waals surface area contributed by atoms with Gasteiger partial charge in [-0.05, 0) is 37.5 Å². The number of aryl methyl sites for hydroxylation is 3. The van der Waals surface area contributed by atoms with E-state index in [2.05, 4.69) is 0 Å². The highest BCUT2D eigenvalue weighted by molar-refractivity contribution is 7.89. The van der Waals surface area contributed by atoms with Crippen molar-refractivity contribution in [3.8, 4) is 5.75 Å². The first-order valence-corrected chi connectivity index (χ1v) is 11.3. The quantitative estimate of drug-likeness (QED) is 0.497. The average Bonchev–Trinajstić information content (AvgIpc) is 2.73. The van der Waals surface area contributed by atoms with E-state index >= 15 is 0 Å². The Morgan fingerprint density at radius 2 is 1.65 bits per heavy atom. The van der Waals surface area contributed by atoms with Crippen LogP contribution in [0.25, 0.3) is 0 Å². The van der Waals surface area contributed by atoms with E-state index in [1.54, 1.807) is 11.8 Å². The van der Waals surface area contributed by atoms with Gasteiger partial charge in [0.15, 0.2) is 6.61 Å². The Labute approximate surface area is 181 Å². The van der Waals surface area contributed by atoms with Crippen molar-refractivity contribution in [2.45, 2.75) is 25.7 Å². The van der Waals surface area contributed by atoms with Crippen LogP contribution in [0.5, 0.6) is 5.75 Å². The van der Waals surface area contributed by atoms with Crippen LogP contribution in [0.1, 0.15) is 16.7 Å². The van der Waals surface area contributed by atoms with Gasteiger partial charge in [-0.2, -0.15) is 4.31 Å². The summed E-state index contributed by atoms with van der Waals surface area (Å²) in [5, 5.41) is 11.0. The fraction of sp³-hybridized carbons (Fsp3) is 0.381. The Kier molecular flexibility index (Phi) is 6.61. The maximum absolute atomic E-state index is 13.0. The highest BCUT2D eigenvalue weighted by Crippen LogP contribution is 2.26. The second-order valence-electron chi connectivity index (χ2n) is 7.50. The average molecular weight is 448 g/mol. The minimum absolute atomic E-state index is 0.0835. The van der Waals surface area contributed by atoms with Crippen molar-refractivity contribution in [1.29, 1.82) is 0 Å². The SMILES string of the molecule is Cc1ccc([N+](=O)[O-])cc1S(=O)(=O)N1CCN(C(=O)COc2c(C)cccc2C)CC1. The number of nitrogens with zero attached hydrogens (tertiary/aromatic N) is 3. The molecule has 9 nitrogen and oxygen atoms in total. The third-order valence-electron chi connectivity index (χ3n) is 5.34. The molecule has 3 rings (SSSR count). The summed E-state index contributed by atoms with van der Waals surface area (Å²) in [5.41, 5.74) is 2.04. The molecule has 0 spiro atoms. The van der Waals surface area contributed by atoms with Crippen LogP contribution in [0.15, 0.2) is 41.3 Å². The second kappa shape index (κ2) is 9.03. The molecule has 2 aromatic carbocycles. The summed E-state index contributed by atoms with van der Waals surface area (Å²) in [4.78, 5) is 24.5.